The lowest BCUT2D eigenvalue weighted by atomic mass is 10.0. The van der Waals surface area contributed by atoms with Gasteiger partial charge in [-0.05, 0) is 30.3 Å². The van der Waals surface area contributed by atoms with Crippen LogP contribution in [0.3, 0.4) is 0 Å². The van der Waals surface area contributed by atoms with Crippen LogP contribution in [0.5, 0.6) is 5.75 Å². The number of rotatable bonds is 5. The van der Waals surface area contributed by atoms with E-state index in [9.17, 15) is 9.59 Å². The van der Waals surface area contributed by atoms with Crippen molar-refractivity contribution >= 4 is 35.1 Å². The van der Waals surface area contributed by atoms with Crippen molar-refractivity contribution in [2.75, 3.05) is 17.2 Å². The van der Waals surface area contributed by atoms with Gasteiger partial charge in [-0.3, -0.25) is 14.9 Å². The summed E-state index contributed by atoms with van der Waals surface area (Å²) in [6.45, 7) is -0.178. The van der Waals surface area contributed by atoms with Gasteiger partial charge in [0, 0.05) is 16.3 Å². The first-order chi connectivity index (χ1) is 13.6. The zero-order valence-corrected chi connectivity index (χ0v) is 15.4. The molecule has 0 aliphatic carbocycles. The van der Waals surface area contributed by atoms with Crippen LogP contribution in [0.15, 0.2) is 54.9 Å². The molecule has 4 rings (SSSR count). The fourth-order valence-corrected chi connectivity index (χ4v) is 3.13. The second-order valence-electron chi connectivity index (χ2n) is 6.18. The molecule has 0 saturated heterocycles. The van der Waals surface area contributed by atoms with E-state index in [-0.39, 0.29) is 30.9 Å². The number of hydrogen-bond acceptors (Lipinski definition) is 5. The third kappa shape index (κ3) is 3.81. The van der Waals surface area contributed by atoms with Gasteiger partial charge in [0.25, 0.3) is 5.91 Å². The minimum Gasteiger partial charge on any atom is -0.483 e. The van der Waals surface area contributed by atoms with Crippen molar-refractivity contribution in [1.29, 1.82) is 0 Å². The Bertz CT molecular complexity index is 1020. The van der Waals surface area contributed by atoms with Crippen molar-refractivity contribution in [2.24, 2.45) is 0 Å². The summed E-state index contributed by atoms with van der Waals surface area (Å²) < 4.78 is 7.38. The summed E-state index contributed by atoms with van der Waals surface area (Å²) in [4.78, 5) is 28.3. The highest BCUT2D eigenvalue weighted by Gasteiger charge is 2.29. The summed E-state index contributed by atoms with van der Waals surface area (Å²) in [6.07, 6.45) is 1.59. The quantitative estimate of drug-likeness (QED) is 0.689. The Morgan fingerprint density at radius 3 is 2.86 bits per heavy atom. The number of nitrogens with zero attached hydrogens (tertiary/aromatic N) is 3. The number of anilines is 2. The summed E-state index contributed by atoms with van der Waals surface area (Å²) in [5, 5.41) is 10.2. The predicted molar refractivity (Wildman–Crippen MR) is 103 cm³/mol. The molecule has 3 aromatic rings. The lowest BCUT2D eigenvalue weighted by Gasteiger charge is -2.25. The molecule has 0 saturated carbocycles. The third-order valence-electron chi connectivity index (χ3n) is 4.26. The van der Waals surface area contributed by atoms with Crippen molar-refractivity contribution in [2.45, 2.75) is 12.5 Å². The molecule has 1 aliphatic heterocycles. The van der Waals surface area contributed by atoms with E-state index in [1.54, 1.807) is 41.1 Å². The normalized spacial score (nSPS) is 15.5. The van der Waals surface area contributed by atoms with E-state index < -0.39 is 0 Å². The van der Waals surface area contributed by atoms with Gasteiger partial charge in [0.2, 0.25) is 11.9 Å². The molecular formula is C19H16ClN5O3. The molecule has 2 aromatic carbocycles. The van der Waals surface area contributed by atoms with Crippen LogP contribution in [0, 0.1) is 0 Å². The number of para-hydroxylation sites is 1. The molecular weight excluding hydrogens is 382 g/mol. The van der Waals surface area contributed by atoms with Crippen molar-refractivity contribution in [3.8, 4) is 5.75 Å². The average molecular weight is 398 g/mol. The topological polar surface area (TPSA) is 98.1 Å². The van der Waals surface area contributed by atoms with Crippen molar-refractivity contribution in [3.63, 3.8) is 0 Å². The van der Waals surface area contributed by atoms with Crippen LogP contribution in [-0.4, -0.2) is 33.2 Å². The number of nitrogens with one attached hydrogen (secondary N) is 2. The third-order valence-corrected chi connectivity index (χ3v) is 4.51. The first-order valence-electron chi connectivity index (χ1n) is 8.56. The average Bonchev–Trinajstić information content (AvgIpc) is 3.16. The first-order valence-corrected chi connectivity index (χ1v) is 8.94. The molecule has 142 valence electrons. The molecule has 0 spiro atoms. The Balaban J connectivity index is 1.49. The zero-order chi connectivity index (χ0) is 19.5. The molecule has 2 heterocycles. The van der Waals surface area contributed by atoms with Crippen LogP contribution in [0.4, 0.5) is 11.6 Å². The summed E-state index contributed by atoms with van der Waals surface area (Å²) in [6, 6.07) is 13.7. The van der Waals surface area contributed by atoms with E-state index in [2.05, 4.69) is 20.7 Å². The Hall–Kier alpha value is -3.39. The van der Waals surface area contributed by atoms with E-state index in [0.717, 1.165) is 5.56 Å². The molecule has 1 aromatic heterocycles. The van der Waals surface area contributed by atoms with E-state index >= 15 is 0 Å². The Kier molecular flexibility index (Phi) is 4.94. The maximum Gasteiger partial charge on any atom is 0.262 e. The fourth-order valence-electron chi connectivity index (χ4n) is 3.01. The van der Waals surface area contributed by atoms with Gasteiger partial charge < -0.3 is 10.1 Å². The largest absolute Gasteiger partial charge is 0.483 e. The van der Waals surface area contributed by atoms with E-state index in [1.807, 2.05) is 12.1 Å². The van der Waals surface area contributed by atoms with Gasteiger partial charge in [-0.1, -0.05) is 29.8 Å². The van der Waals surface area contributed by atoms with Crippen LogP contribution in [-0.2, 0) is 9.59 Å². The van der Waals surface area contributed by atoms with Crippen LogP contribution >= 0.6 is 11.6 Å². The van der Waals surface area contributed by atoms with Gasteiger partial charge in [0.1, 0.15) is 12.1 Å². The number of hydrogen-bond donors (Lipinski definition) is 2. The molecule has 9 heteroatoms. The summed E-state index contributed by atoms with van der Waals surface area (Å²) in [5.41, 5.74) is 1.38. The minimum atomic E-state index is -0.359. The molecule has 28 heavy (non-hydrogen) atoms. The van der Waals surface area contributed by atoms with Gasteiger partial charge in [0.05, 0.1) is 12.5 Å². The van der Waals surface area contributed by atoms with Gasteiger partial charge in [0.15, 0.2) is 6.61 Å². The Labute approximate surface area is 165 Å². The molecule has 0 fully saturated rings. The molecule has 2 amide bonds. The fraction of sp³-hybridized carbons (Fsp3) is 0.158. The highest BCUT2D eigenvalue weighted by Crippen LogP contribution is 2.34. The summed E-state index contributed by atoms with van der Waals surface area (Å²) >= 11 is 5.84. The van der Waals surface area contributed by atoms with Crippen molar-refractivity contribution in [1.82, 2.24) is 14.8 Å². The lowest BCUT2D eigenvalue weighted by molar-refractivity contribution is -0.118. The van der Waals surface area contributed by atoms with E-state index in [4.69, 9.17) is 16.3 Å². The monoisotopic (exact) mass is 397 g/mol. The second-order valence-corrected chi connectivity index (χ2v) is 6.61. The van der Waals surface area contributed by atoms with Gasteiger partial charge in [-0.15, -0.1) is 0 Å². The molecule has 0 bridgehead atoms. The number of carbonyl (C=O) groups excluding carboxylic acids is 2. The summed E-state index contributed by atoms with van der Waals surface area (Å²) in [5.74, 6) is 0.437. The van der Waals surface area contributed by atoms with Gasteiger partial charge in [-0.2, -0.15) is 10.1 Å². The molecule has 0 unspecified atom stereocenters. The number of amides is 2. The molecule has 1 atom stereocenters. The number of halogens is 1. The van der Waals surface area contributed by atoms with Crippen molar-refractivity contribution < 1.29 is 14.3 Å². The van der Waals surface area contributed by atoms with Crippen molar-refractivity contribution in [3.05, 3.63) is 65.4 Å². The smallest absolute Gasteiger partial charge is 0.262 e. The van der Waals surface area contributed by atoms with Gasteiger partial charge >= 0.3 is 0 Å². The second kappa shape index (κ2) is 7.69. The molecule has 1 aliphatic rings. The maximum atomic E-state index is 12.2. The predicted octanol–water partition coefficient (Wildman–Crippen LogP) is 2.88. The number of aromatic nitrogens is 3. The first kappa shape index (κ1) is 18.0. The van der Waals surface area contributed by atoms with E-state index in [1.165, 1.54) is 6.33 Å². The number of fused-ring (bicyclic) bond motifs is 1. The summed E-state index contributed by atoms with van der Waals surface area (Å²) in [7, 11) is 0. The van der Waals surface area contributed by atoms with Crippen LogP contribution in [0.1, 0.15) is 18.0 Å². The number of ether oxygens (including phenoxy) is 1. The SMILES string of the molecule is O=C(COc1ccccc1[C@@H]1CC(=O)Nc2ncnn21)Nc1ccc(Cl)cc1. The van der Waals surface area contributed by atoms with Gasteiger partial charge in [-0.25, -0.2) is 4.68 Å². The Morgan fingerprint density at radius 2 is 2.04 bits per heavy atom. The number of carbonyl (C=O) groups is 2. The van der Waals surface area contributed by atoms with Crippen LogP contribution in [0.2, 0.25) is 5.02 Å². The lowest BCUT2D eigenvalue weighted by Crippen LogP contribution is -2.29. The maximum absolute atomic E-state index is 12.2. The van der Waals surface area contributed by atoms with Crippen LogP contribution in [0.25, 0.3) is 0 Å². The minimum absolute atomic E-state index is 0.152. The molecule has 8 nitrogen and oxygen atoms in total. The highest BCUT2D eigenvalue weighted by atomic mass is 35.5. The Morgan fingerprint density at radius 1 is 1.25 bits per heavy atom. The van der Waals surface area contributed by atoms with Crippen LogP contribution < -0.4 is 15.4 Å². The standard InChI is InChI=1S/C19H16ClN5O3/c20-12-5-7-13(8-6-12)23-18(27)10-28-16-4-2-1-3-14(16)15-9-17(26)24-19-21-11-22-25(15)19/h1-8,11,15H,9-10H2,(H,23,27)(H,21,22,24,26)/t15-/m0/s1. The number of benzene rings is 2. The molecule has 0 radical (unpaired) electrons. The van der Waals surface area contributed by atoms with E-state index in [0.29, 0.717) is 22.4 Å². The zero-order valence-electron chi connectivity index (χ0n) is 14.6. The highest BCUT2D eigenvalue weighted by molar-refractivity contribution is 6.30. The molecule has 2 N–H and O–H groups in total.